The van der Waals surface area contributed by atoms with Gasteiger partial charge in [-0.2, -0.15) is 0 Å². The lowest BCUT2D eigenvalue weighted by Crippen LogP contribution is -2.36. The van der Waals surface area contributed by atoms with Crippen LogP contribution in [0.15, 0.2) is 41.3 Å². The Morgan fingerprint density at radius 1 is 1.35 bits per heavy atom. The number of methoxy groups -OCH3 is 1. The van der Waals surface area contributed by atoms with Gasteiger partial charge in [0.05, 0.1) is 12.0 Å². The number of sulfonamides is 1. The molecule has 0 spiro atoms. The average Bonchev–Trinajstić information content (AvgIpc) is 3.04. The van der Waals surface area contributed by atoms with Crippen molar-refractivity contribution < 1.29 is 17.9 Å². The van der Waals surface area contributed by atoms with Crippen molar-refractivity contribution in [3.8, 4) is 0 Å². The summed E-state index contributed by atoms with van der Waals surface area (Å²) in [5.74, 6) is -0.178. The summed E-state index contributed by atoms with van der Waals surface area (Å²) in [7, 11) is -2.15. The molecule has 8 heteroatoms. The minimum atomic E-state index is -3.54. The number of benzene rings is 1. The molecule has 1 aromatic carbocycles. The second-order valence-corrected chi connectivity index (χ2v) is 8.42. The highest BCUT2D eigenvalue weighted by atomic mass is 35.5. The van der Waals surface area contributed by atoms with E-state index in [4.69, 9.17) is 11.6 Å². The van der Waals surface area contributed by atoms with Crippen LogP contribution in [-0.2, 0) is 19.6 Å². The molecule has 0 unspecified atom stereocenters. The van der Waals surface area contributed by atoms with Crippen molar-refractivity contribution in [1.29, 1.82) is 0 Å². The number of allylic oxidation sites excluding steroid dienone is 1. The van der Waals surface area contributed by atoms with Gasteiger partial charge in [0, 0.05) is 30.1 Å². The van der Waals surface area contributed by atoms with Crippen molar-refractivity contribution in [2.75, 3.05) is 13.7 Å². The van der Waals surface area contributed by atoms with E-state index < -0.39 is 10.0 Å². The summed E-state index contributed by atoms with van der Waals surface area (Å²) in [5, 5.41) is 3.80. The van der Waals surface area contributed by atoms with Gasteiger partial charge in [0.1, 0.15) is 0 Å². The van der Waals surface area contributed by atoms with E-state index in [0.29, 0.717) is 24.4 Å². The maximum absolute atomic E-state index is 12.4. The monoisotopic (exact) mass is 400 g/mol. The molecule has 2 atom stereocenters. The molecular formula is C18H25ClN2O4S. The number of halogens is 1. The van der Waals surface area contributed by atoms with Gasteiger partial charge in [0.25, 0.3) is 0 Å². The lowest BCUT2D eigenvalue weighted by Gasteiger charge is -2.12. The number of hydrogen-bond acceptors (Lipinski definition) is 5. The molecule has 0 amide bonds. The van der Waals surface area contributed by atoms with Gasteiger partial charge in [0.15, 0.2) is 0 Å². The van der Waals surface area contributed by atoms with E-state index in [-0.39, 0.29) is 22.9 Å². The van der Waals surface area contributed by atoms with Crippen LogP contribution in [0.4, 0.5) is 0 Å². The van der Waals surface area contributed by atoms with Crippen LogP contribution in [0.25, 0.3) is 0 Å². The Bertz CT molecular complexity index is 719. The summed E-state index contributed by atoms with van der Waals surface area (Å²) in [6.07, 6.45) is 7.89. The molecular weight excluding hydrogens is 376 g/mol. The second-order valence-electron chi connectivity index (χ2n) is 6.27. The first-order valence-corrected chi connectivity index (χ1v) is 10.5. The lowest BCUT2D eigenvalue weighted by atomic mass is 10.1. The molecule has 1 aliphatic heterocycles. The Kier molecular flexibility index (Phi) is 8.09. The SMILES string of the molecule is COC(=O)CCCCC=C[C@@H]1C[C@@H](NS(=O)(=O)c2ccc(Cl)cc2)CN1. The van der Waals surface area contributed by atoms with Crippen LogP contribution in [0.3, 0.4) is 0 Å². The lowest BCUT2D eigenvalue weighted by molar-refractivity contribution is -0.140. The van der Waals surface area contributed by atoms with Crippen molar-refractivity contribution in [2.45, 2.75) is 49.1 Å². The molecule has 144 valence electrons. The van der Waals surface area contributed by atoms with E-state index in [2.05, 4.69) is 26.9 Å². The predicted molar refractivity (Wildman–Crippen MR) is 102 cm³/mol. The Labute approximate surface area is 160 Å². The maximum Gasteiger partial charge on any atom is 0.305 e. The smallest absolute Gasteiger partial charge is 0.305 e. The van der Waals surface area contributed by atoms with Crippen molar-refractivity contribution >= 4 is 27.6 Å². The first-order chi connectivity index (χ1) is 12.4. The van der Waals surface area contributed by atoms with Gasteiger partial charge in [-0.25, -0.2) is 13.1 Å². The third kappa shape index (κ3) is 6.72. The fourth-order valence-electron chi connectivity index (χ4n) is 2.80. The number of carbonyl (C=O) groups is 1. The van der Waals surface area contributed by atoms with Crippen molar-refractivity contribution in [2.24, 2.45) is 0 Å². The van der Waals surface area contributed by atoms with Crippen LogP contribution in [0, 0.1) is 0 Å². The van der Waals surface area contributed by atoms with Gasteiger partial charge < -0.3 is 10.1 Å². The van der Waals surface area contributed by atoms with Crippen LogP contribution in [0.1, 0.15) is 32.1 Å². The molecule has 0 bridgehead atoms. The van der Waals surface area contributed by atoms with Crippen molar-refractivity contribution in [3.63, 3.8) is 0 Å². The third-order valence-electron chi connectivity index (χ3n) is 4.21. The van der Waals surface area contributed by atoms with Gasteiger partial charge in [-0.1, -0.05) is 23.8 Å². The molecule has 1 aromatic rings. The van der Waals surface area contributed by atoms with E-state index in [0.717, 1.165) is 19.3 Å². The minimum Gasteiger partial charge on any atom is -0.469 e. The van der Waals surface area contributed by atoms with Gasteiger partial charge in [-0.3, -0.25) is 4.79 Å². The van der Waals surface area contributed by atoms with Gasteiger partial charge in [-0.15, -0.1) is 0 Å². The summed E-state index contributed by atoms with van der Waals surface area (Å²) < 4.78 is 32.1. The average molecular weight is 401 g/mol. The van der Waals surface area contributed by atoms with E-state index >= 15 is 0 Å². The highest BCUT2D eigenvalue weighted by Gasteiger charge is 2.27. The zero-order chi connectivity index (χ0) is 19.0. The second kappa shape index (κ2) is 10.1. The van der Waals surface area contributed by atoms with Crippen molar-refractivity contribution in [3.05, 3.63) is 41.4 Å². The first kappa shape index (κ1) is 20.9. The fraction of sp³-hybridized carbons (Fsp3) is 0.500. The van der Waals surface area contributed by atoms with Crippen molar-refractivity contribution in [1.82, 2.24) is 10.0 Å². The molecule has 6 nitrogen and oxygen atoms in total. The van der Waals surface area contributed by atoms with Crippen LogP contribution < -0.4 is 10.0 Å². The number of nitrogens with one attached hydrogen (secondary N) is 2. The number of carbonyl (C=O) groups excluding carboxylic acids is 1. The maximum atomic E-state index is 12.4. The highest BCUT2D eigenvalue weighted by Crippen LogP contribution is 2.16. The molecule has 0 aliphatic carbocycles. The summed E-state index contributed by atoms with van der Waals surface area (Å²) >= 11 is 5.80. The Balaban J connectivity index is 1.73. The molecule has 0 saturated carbocycles. The van der Waals surface area contributed by atoms with Gasteiger partial charge >= 0.3 is 5.97 Å². The minimum absolute atomic E-state index is 0.147. The van der Waals surface area contributed by atoms with E-state index in [1.54, 1.807) is 12.1 Å². The standard InChI is InChI=1S/C18H25ClN2O4S/c1-25-18(22)7-5-3-2-4-6-15-12-16(13-20-15)21-26(23,24)17-10-8-14(19)9-11-17/h4,6,8-11,15-16,20-21H,2-3,5,7,12-13H2,1H3/t15-,16-/m1/s1. The van der Waals surface area contributed by atoms with E-state index in [9.17, 15) is 13.2 Å². The molecule has 1 heterocycles. The summed E-state index contributed by atoms with van der Waals surface area (Å²) in [6, 6.07) is 6.12. The molecule has 1 fully saturated rings. The number of rotatable bonds is 9. The molecule has 0 aromatic heterocycles. The quantitative estimate of drug-likeness (QED) is 0.378. The Hall–Kier alpha value is -1.41. The predicted octanol–water partition coefficient (Wildman–Crippen LogP) is 2.64. The highest BCUT2D eigenvalue weighted by molar-refractivity contribution is 7.89. The number of unbranched alkanes of at least 4 members (excludes halogenated alkanes) is 2. The molecule has 2 rings (SSSR count). The van der Waals surface area contributed by atoms with Gasteiger partial charge in [0.2, 0.25) is 10.0 Å². The summed E-state index contributed by atoms with van der Waals surface area (Å²) in [5.41, 5.74) is 0. The third-order valence-corrected chi connectivity index (χ3v) is 6.00. The molecule has 2 N–H and O–H groups in total. The fourth-order valence-corrected chi connectivity index (χ4v) is 4.17. The number of hydrogen-bond donors (Lipinski definition) is 2. The number of ether oxygens (including phenoxy) is 1. The van der Waals surface area contributed by atoms with Crippen LogP contribution in [0.2, 0.25) is 5.02 Å². The van der Waals surface area contributed by atoms with E-state index in [1.807, 2.05) is 0 Å². The normalized spacial score (nSPS) is 20.5. The molecule has 26 heavy (non-hydrogen) atoms. The largest absolute Gasteiger partial charge is 0.469 e. The summed E-state index contributed by atoms with van der Waals surface area (Å²) in [6.45, 7) is 0.587. The molecule has 0 radical (unpaired) electrons. The summed E-state index contributed by atoms with van der Waals surface area (Å²) in [4.78, 5) is 11.2. The van der Waals surface area contributed by atoms with Gasteiger partial charge in [-0.05, 0) is 49.9 Å². The van der Waals surface area contributed by atoms with Crippen LogP contribution >= 0.6 is 11.6 Å². The zero-order valence-electron chi connectivity index (χ0n) is 14.8. The Morgan fingerprint density at radius 3 is 2.77 bits per heavy atom. The number of esters is 1. The Morgan fingerprint density at radius 2 is 2.08 bits per heavy atom. The first-order valence-electron chi connectivity index (χ1n) is 8.65. The topological polar surface area (TPSA) is 84.5 Å². The van der Waals surface area contributed by atoms with Crippen LogP contribution in [-0.4, -0.2) is 40.1 Å². The van der Waals surface area contributed by atoms with Crippen LogP contribution in [0.5, 0.6) is 0 Å². The zero-order valence-corrected chi connectivity index (χ0v) is 16.4. The molecule has 1 aliphatic rings. The van der Waals surface area contributed by atoms with E-state index in [1.165, 1.54) is 19.2 Å². The molecule has 1 saturated heterocycles.